The van der Waals surface area contributed by atoms with Gasteiger partial charge in [-0.15, -0.1) is 0 Å². The molecule has 4 heteroatoms. The van der Waals surface area contributed by atoms with Gasteiger partial charge >= 0.3 is 6.18 Å². The molecule has 0 aliphatic heterocycles. The fourth-order valence-electron chi connectivity index (χ4n) is 0.817. The number of alkyl halides is 3. The van der Waals surface area contributed by atoms with Crippen molar-refractivity contribution in [3.63, 3.8) is 0 Å². The first kappa shape index (κ1) is 9.17. The Kier molecular flexibility index (Phi) is 2.17. The minimum atomic E-state index is -4.30. The Morgan fingerprint density at radius 2 is 1.83 bits per heavy atom. The van der Waals surface area contributed by atoms with Gasteiger partial charge in [0, 0.05) is 0 Å². The van der Waals surface area contributed by atoms with Crippen molar-refractivity contribution in [3.8, 4) is 0 Å². The summed E-state index contributed by atoms with van der Waals surface area (Å²) in [6, 6.07) is 3.32. The lowest BCUT2D eigenvalue weighted by molar-refractivity contribution is -0.137. The monoisotopic (exact) mass is 170 g/mol. The molecule has 0 aromatic heterocycles. The van der Waals surface area contributed by atoms with Crippen LogP contribution in [-0.2, 0) is 6.18 Å². The van der Waals surface area contributed by atoms with Crippen LogP contribution < -0.4 is 5.46 Å². The molecule has 0 amide bonds. The van der Waals surface area contributed by atoms with Gasteiger partial charge in [-0.05, 0) is 13.0 Å². The van der Waals surface area contributed by atoms with Crippen LogP contribution in [0.4, 0.5) is 13.2 Å². The second-order valence-corrected chi connectivity index (χ2v) is 2.57. The van der Waals surface area contributed by atoms with E-state index >= 15 is 0 Å². The first-order chi connectivity index (χ1) is 5.41. The Morgan fingerprint density at radius 1 is 1.25 bits per heavy atom. The van der Waals surface area contributed by atoms with E-state index in [0.29, 0.717) is 5.56 Å². The third-order valence-corrected chi connectivity index (χ3v) is 1.61. The molecule has 1 aromatic carbocycles. The second-order valence-electron chi connectivity index (χ2n) is 2.57. The molecule has 0 aliphatic rings. The van der Waals surface area contributed by atoms with Crippen LogP contribution in [0.15, 0.2) is 18.2 Å². The molecule has 2 radical (unpaired) electrons. The minimum Gasteiger partial charge on any atom is -0.166 e. The summed E-state index contributed by atoms with van der Waals surface area (Å²) >= 11 is 0. The first-order valence-corrected chi connectivity index (χ1v) is 3.34. The van der Waals surface area contributed by atoms with E-state index in [4.69, 9.17) is 7.85 Å². The van der Waals surface area contributed by atoms with Crippen LogP contribution in [0.2, 0.25) is 0 Å². The summed E-state index contributed by atoms with van der Waals surface area (Å²) in [6.07, 6.45) is -4.30. The summed E-state index contributed by atoms with van der Waals surface area (Å²) < 4.78 is 36.1. The summed E-state index contributed by atoms with van der Waals surface area (Å²) in [6.45, 7) is 1.66. The molecule has 0 N–H and O–H groups in total. The standard InChI is InChI=1S/C8H6BF3/c1-5-2-3-6(4-7(5)9)8(10,11)12/h2-4H,1H3. The van der Waals surface area contributed by atoms with Crippen LogP contribution >= 0.6 is 0 Å². The normalized spacial score (nSPS) is 11.7. The molecule has 0 spiro atoms. The molecule has 0 atom stereocenters. The highest BCUT2D eigenvalue weighted by Crippen LogP contribution is 2.28. The summed E-state index contributed by atoms with van der Waals surface area (Å²) in [4.78, 5) is 0. The van der Waals surface area contributed by atoms with Gasteiger partial charge in [-0.25, -0.2) is 0 Å². The lowest BCUT2D eigenvalue weighted by Crippen LogP contribution is -2.13. The number of benzene rings is 1. The Labute approximate surface area is 69.8 Å². The average molecular weight is 170 g/mol. The molecule has 12 heavy (non-hydrogen) atoms. The van der Waals surface area contributed by atoms with E-state index in [-0.39, 0.29) is 5.46 Å². The molecule has 0 heterocycles. The summed E-state index contributed by atoms with van der Waals surface area (Å²) in [7, 11) is 5.32. The molecule has 0 fully saturated rings. The Balaban J connectivity index is 3.14. The Hall–Kier alpha value is -0.925. The topological polar surface area (TPSA) is 0 Å². The number of hydrogen-bond acceptors (Lipinski definition) is 0. The quantitative estimate of drug-likeness (QED) is 0.520. The minimum absolute atomic E-state index is 0.171. The molecule has 0 aliphatic carbocycles. The third kappa shape index (κ3) is 1.81. The Morgan fingerprint density at radius 3 is 2.25 bits per heavy atom. The number of hydrogen-bond donors (Lipinski definition) is 0. The molecule has 1 aromatic rings. The van der Waals surface area contributed by atoms with E-state index in [9.17, 15) is 13.2 Å². The largest absolute Gasteiger partial charge is 0.416 e. The van der Waals surface area contributed by atoms with Gasteiger partial charge in [0.1, 0.15) is 7.85 Å². The second kappa shape index (κ2) is 2.85. The summed E-state index contributed by atoms with van der Waals surface area (Å²) in [5.41, 5.74) is 0.124. The van der Waals surface area contributed by atoms with Gasteiger partial charge in [0.2, 0.25) is 0 Å². The van der Waals surface area contributed by atoms with Crippen molar-refractivity contribution in [2.24, 2.45) is 0 Å². The van der Waals surface area contributed by atoms with Gasteiger partial charge in [0.25, 0.3) is 0 Å². The van der Waals surface area contributed by atoms with Crippen molar-refractivity contribution < 1.29 is 13.2 Å². The van der Waals surface area contributed by atoms with Crippen molar-refractivity contribution in [1.82, 2.24) is 0 Å². The van der Waals surface area contributed by atoms with Crippen LogP contribution in [0.1, 0.15) is 11.1 Å². The highest BCUT2D eigenvalue weighted by atomic mass is 19.4. The van der Waals surface area contributed by atoms with Crippen LogP contribution in [-0.4, -0.2) is 7.85 Å². The van der Waals surface area contributed by atoms with E-state index in [1.807, 2.05) is 0 Å². The fourth-order valence-corrected chi connectivity index (χ4v) is 0.817. The van der Waals surface area contributed by atoms with Crippen LogP contribution in [0, 0.1) is 6.92 Å². The molecule has 62 valence electrons. The van der Waals surface area contributed by atoms with Gasteiger partial charge in [0.05, 0.1) is 5.56 Å². The maximum atomic E-state index is 12.0. The molecule has 0 saturated heterocycles. The van der Waals surface area contributed by atoms with Crippen LogP contribution in [0.25, 0.3) is 0 Å². The molecule has 0 saturated carbocycles. The predicted octanol–water partition coefficient (Wildman–Crippen LogP) is 1.81. The third-order valence-electron chi connectivity index (χ3n) is 1.61. The van der Waals surface area contributed by atoms with Crippen molar-refractivity contribution >= 4 is 13.3 Å². The predicted molar refractivity (Wildman–Crippen MR) is 41.6 cm³/mol. The molecular formula is C8H6BF3. The van der Waals surface area contributed by atoms with Crippen molar-refractivity contribution in [3.05, 3.63) is 29.3 Å². The highest BCUT2D eigenvalue weighted by molar-refractivity contribution is 6.33. The molecule has 0 unspecified atom stereocenters. The molecule has 1 rings (SSSR count). The van der Waals surface area contributed by atoms with Crippen molar-refractivity contribution in [2.45, 2.75) is 13.1 Å². The zero-order valence-electron chi connectivity index (χ0n) is 6.44. The smallest absolute Gasteiger partial charge is 0.166 e. The maximum Gasteiger partial charge on any atom is 0.416 e. The average Bonchev–Trinajstić information content (AvgIpc) is 1.92. The van der Waals surface area contributed by atoms with Crippen LogP contribution in [0.3, 0.4) is 0 Å². The summed E-state index contributed by atoms with van der Waals surface area (Å²) in [5.74, 6) is 0. The summed E-state index contributed by atoms with van der Waals surface area (Å²) in [5, 5.41) is 0. The van der Waals surface area contributed by atoms with E-state index in [1.54, 1.807) is 6.92 Å². The SMILES string of the molecule is [B]c1cc(C(F)(F)F)ccc1C. The number of aryl methyl sites for hydroxylation is 1. The van der Waals surface area contributed by atoms with Crippen LogP contribution in [0.5, 0.6) is 0 Å². The molecular weight excluding hydrogens is 164 g/mol. The lowest BCUT2D eigenvalue weighted by atomic mass is 9.89. The number of halogens is 3. The van der Waals surface area contributed by atoms with Gasteiger partial charge in [0.15, 0.2) is 0 Å². The molecule has 0 nitrogen and oxygen atoms in total. The van der Waals surface area contributed by atoms with E-state index in [0.717, 1.165) is 12.1 Å². The zero-order chi connectivity index (χ0) is 9.35. The van der Waals surface area contributed by atoms with Crippen molar-refractivity contribution in [2.75, 3.05) is 0 Å². The van der Waals surface area contributed by atoms with E-state index in [2.05, 4.69) is 0 Å². The van der Waals surface area contributed by atoms with Gasteiger partial charge in [-0.2, -0.15) is 13.2 Å². The lowest BCUT2D eigenvalue weighted by Gasteiger charge is -2.08. The van der Waals surface area contributed by atoms with Crippen molar-refractivity contribution in [1.29, 1.82) is 0 Å². The Bertz CT molecular complexity index is 291. The first-order valence-electron chi connectivity index (χ1n) is 3.34. The highest BCUT2D eigenvalue weighted by Gasteiger charge is 2.30. The fraction of sp³-hybridized carbons (Fsp3) is 0.250. The van der Waals surface area contributed by atoms with Gasteiger partial charge in [-0.3, -0.25) is 0 Å². The maximum absolute atomic E-state index is 12.0. The van der Waals surface area contributed by atoms with E-state index in [1.165, 1.54) is 6.07 Å². The molecule has 0 bridgehead atoms. The zero-order valence-corrected chi connectivity index (χ0v) is 6.44. The van der Waals surface area contributed by atoms with Gasteiger partial charge < -0.3 is 0 Å². The van der Waals surface area contributed by atoms with Gasteiger partial charge in [-0.1, -0.05) is 23.2 Å². The van der Waals surface area contributed by atoms with E-state index < -0.39 is 11.7 Å². The number of rotatable bonds is 0.